The van der Waals surface area contributed by atoms with Crippen molar-refractivity contribution in [3.8, 4) is 0 Å². The third kappa shape index (κ3) is 7.46. The molecule has 1 aliphatic carbocycles. The summed E-state index contributed by atoms with van der Waals surface area (Å²) in [5.41, 5.74) is 1.11. The predicted octanol–water partition coefficient (Wildman–Crippen LogP) is 5.52. The molecule has 1 saturated heterocycles. The zero-order chi connectivity index (χ0) is 22.3. The Morgan fingerprint density at radius 3 is 2.55 bits per heavy atom. The van der Waals surface area contributed by atoms with Gasteiger partial charge in [-0.05, 0) is 30.4 Å². The summed E-state index contributed by atoms with van der Waals surface area (Å²) >= 11 is 0. The topological polar surface area (TPSA) is 55.8 Å². The summed E-state index contributed by atoms with van der Waals surface area (Å²) in [6.07, 6.45) is 7.07. The number of rotatable bonds is 10. The Hall–Kier alpha value is -1.66. The first-order valence-electron chi connectivity index (χ1n) is 11.9. The average Bonchev–Trinajstić information content (AvgIpc) is 3.10. The first-order valence-corrected chi connectivity index (χ1v) is 15.7. The van der Waals surface area contributed by atoms with E-state index in [2.05, 4.69) is 19.6 Å². The molecule has 6 heteroatoms. The highest BCUT2D eigenvalue weighted by atomic mass is 28.3. The van der Waals surface area contributed by atoms with Crippen molar-refractivity contribution in [3.63, 3.8) is 0 Å². The van der Waals surface area contributed by atoms with E-state index in [1.165, 1.54) is 37.0 Å². The highest BCUT2D eigenvalue weighted by Crippen LogP contribution is 2.31. The van der Waals surface area contributed by atoms with Crippen LogP contribution in [0.2, 0.25) is 25.7 Å². The molecule has 1 aromatic rings. The fourth-order valence-corrected chi connectivity index (χ4v) is 5.39. The molecular formula is C25H39NO4Si. The molecule has 31 heavy (non-hydrogen) atoms. The lowest BCUT2D eigenvalue weighted by atomic mass is 9.82. The molecule has 1 heterocycles. The maximum atomic E-state index is 13.6. The minimum absolute atomic E-state index is 0.109. The monoisotopic (exact) mass is 445 g/mol. The Morgan fingerprint density at radius 1 is 1.16 bits per heavy atom. The van der Waals surface area contributed by atoms with Crippen molar-refractivity contribution < 1.29 is 19.1 Å². The number of carbonyl (C=O) groups excluding carboxylic acids is 2. The lowest BCUT2D eigenvalue weighted by Crippen LogP contribution is -2.45. The molecular weight excluding hydrogens is 406 g/mol. The van der Waals surface area contributed by atoms with E-state index in [0.29, 0.717) is 25.6 Å². The molecule has 2 unspecified atom stereocenters. The lowest BCUT2D eigenvalue weighted by Gasteiger charge is -2.29. The molecule has 1 aromatic carbocycles. The summed E-state index contributed by atoms with van der Waals surface area (Å²) in [4.78, 5) is 27.5. The number of hydrogen-bond donors (Lipinski definition) is 0. The molecule has 0 spiro atoms. The molecule has 0 radical (unpaired) electrons. The van der Waals surface area contributed by atoms with Crippen LogP contribution in [0.15, 0.2) is 30.3 Å². The Morgan fingerprint density at radius 2 is 1.87 bits per heavy atom. The summed E-state index contributed by atoms with van der Waals surface area (Å²) in [5.74, 6) is 0.171. The summed E-state index contributed by atoms with van der Waals surface area (Å²) in [7, 11) is -1.18. The maximum Gasteiger partial charge on any atom is 0.416 e. The molecule has 5 nitrogen and oxygen atoms in total. The molecule has 2 atom stereocenters. The molecule has 2 fully saturated rings. The van der Waals surface area contributed by atoms with E-state index in [1.54, 1.807) is 0 Å². The zero-order valence-corrected chi connectivity index (χ0v) is 20.5. The lowest BCUT2D eigenvalue weighted by molar-refractivity contribution is -0.136. The number of ether oxygens (including phenoxy) is 2. The minimum Gasteiger partial charge on any atom is -0.447 e. The highest BCUT2D eigenvalue weighted by molar-refractivity contribution is 6.76. The molecule has 1 aliphatic heterocycles. The van der Waals surface area contributed by atoms with E-state index in [-0.39, 0.29) is 24.5 Å². The van der Waals surface area contributed by atoms with Crippen LogP contribution in [-0.2, 0) is 20.7 Å². The number of cyclic esters (lactones) is 1. The predicted molar refractivity (Wildman–Crippen MR) is 126 cm³/mol. The van der Waals surface area contributed by atoms with Crippen molar-refractivity contribution >= 4 is 20.1 Å². The summed E-state index contributed by atoms with van der Waals surface area (Å²) < 4.78 is 11.3. The molecule has 2 amide bonds. The largest absolute Gasteiger partial charge is 0.447 e. The number of amides is 2. The van der Waals surface area contributed by atoms with E-state index in [1.807, 2.05) is 30.3 Å². The van der Waals surface area contributed by atoms with Gasteiger partial charge in [0.1, 0.15) is 6.61 Å². The fourth-order valence-electron chi connectivity index (χ4n) is 4.63. The van der Waals surface area contributed by atoms with E-state index in [0.717, 1.165) is 18.0 Å². The molecule has 172 valence electrons. The van der Waals surface area contributed by atoms with Gasteiger partial charge in [0.25, 0.3) is 0 Å². The van der Waals surface area contributed by atoms with Gasteiger partial charge in [-0.1, -0.05) is 82.1 Å². The van der Waals surface area contributed by atoms with Crippen LogP contribution in [0.5, 0.6) is 0 Å². The zero-order valence-electron chi connectivity index (χ0n) is 19.5. The van der Waals surface area contributed by atoms with Crippen molar-refractivity contribution in [2.75, 3.05) is 19.8 Å². The first kappa shape index (κ1) is 24.0. The van der Waals surface area contributed by atoms with E-state index < -0.39 is 14.2 Å². The van der Waals surface area contributed by atoms with Gasteiger partial charge < -0.3 is 9.47 Å². The Kier molecular flexibility index (Phi) is 8.73. The van der Waals surface area contributed by atoms with Gasteiger partial charge in [0.2, 0.25) is 5.91 Å². The molecule has 2 aliphatic rings. The van der Waals surface area contributed by atoms with E-state index in [4.69, 9.17) is 9.47 Å². The van der Waals surface area contributed by atoms with Crippen molar-refractivity contribution in [3.05, 3.63) is 35.9 Å². The van der Waals surface area contributed by atoms with Crippen LogP contribution in [0.4, 0.5) is 4.79 Å². The van der Waals surface area contributed by atoms with Gasteiger partial charge in [-0.25, -0.2) is 9.69 Å². The number of carbonyl (C=O) groups is 2. The third-order valence-electron chi connectivity index (χ3n) is 6.52. The summed E-state index contributed by atoms with van der Waals surface area (Å²) in [6, 6.07) is 10.8. The molecule has 0 N–H and O–H groups in total. The standard InChI is InChI=1S/C25H39NO4Si/c1-31(2,3)15-14-29-18-22(16-20-10-6-4-7-11-20)24(27)26-23(19-30-25(26)28)17-21-12-8-5-9-13-21/h5,8-9,12-13,20,22-23H,4,6-7,10-11,14-19H2,1-3H3. The van der Waals surface area contributed by atoms with Crippen LogP contribution in [-0.4, -0.2) is 50.8 Å². The number of imide groups is 1. The SMILES string of the molecule is C[Si](C)(C)CCOCC(CC1CCCCC1)C(=O)N1C(=O)OCC1Cc1ccccc1. The van der Waals surface area contributed by atoms with E-state index >= 15 is 0 Å². The van der Waals surface area contributed by atoms with Crippen LogP contribution < -0.4 is 0 Å². The van der Waals surface area contributed by atoms with Gasteiger partial charge in [-0.2, -0.15) is 0 Å². The van der Waals surface area contributed by atoms with Crippen LogP contribution in [0, 0.1) is 11.8 Å². The van der Waals surface area contributed by atoms with Crippen molar-refractivity contribution in [1.29, 1.82) is 0 Å². The maximum absolute atomic E-state index is 13.6. The second-order valence-electron chi connectivity index (χ2n) is 10.5. The third-order valence-corrected chi connectivity index (χ3v) is 8.22. The number of benzene rings is 1. The number of hydrogen-bond acceptors (Lipinski definition) is 4. The van der Waals surface area contributed by atoms with Gasteiger partial charge in [-0.15, -0.1) is 0 Å². The van der Waals surface area contributed by atoms with Crippen molar-refractivity contribution in [2.24, 2.45) is 11.8 Å². The van der Waals surface area contributed by atoms with Gasteiger partial charge in [0.05, 0.1) is 18.6 Å². The molecule has 3 rings (SSSR count). The highest BCUT2D eigenvalue weighted by Gasteiger charge is 2.41. The van der Waals surface area contributed by atoms with Gasteiger partial charge in [0, 0.05) is 14.7 Å². The van der Waals surface area contributed by atoms with Crippen LogP contribution in [0.25, 0.3) is 0 Å². The van der Waals surface area contributed by atoms with Gasteiger partial charge >= 0.3 is 6.09 Å². The van der Waals surface area contributed by atoms with Crippen molar-refractivity contribution in [2.45, 2.75) is 76.7 Å². The van der Waals surface area contributed by atoms with Gasteiger partial charge in [0.15, 0.2) is 0 Å². The second-order valence-corrected chi connectivity index (χ2v) is 16.1. The molecule has 0 aromatic heterocycles. The molecule has 1 saturated carbocycles. The van der Waals surface area contributed by atoms with Gasteiger partial charge in [-0.3, -0.25) is 4.79 Å². The fraction of sp³-hybridized carbons (Fsp3) is 0.680. The smallest absolute Gasteiger partial charge is 0.416 e. The van der Waals surface area contributed by atoms with Crippen molar-refractivity contribution in [1.82, 2.24) is 4.90 Å². The Balaban J connectivity index is 1.67. The van der Waals surface area contributed by atoms with Crippen LogP contribution in [0.3, 0.4) is 0 Å². The first-order chi connectivity index (χ1) is 14.8. The Bertz CT molecular complexity index is 712. The van der Waals surface area contributed by atoms with E-state index in [9.17, 15) is 9.59 Å². The average molecular weight is 446 g/mol. The Labute approximate surface area is 188 Å². The van der Waals surface area contributed by atoms with Crippen LogP contribution in [0.1, 0.15) is 44.1 Å². The summed E-state index contributed by atoms with van der Waals surface area (Å²) in [6.45, 7) is 8.36. The van der Waals surface area contributed by atoms with Crippen LogP contribution >= 0.6 is 0 Å². The normalized spacial score (nSPS) is 21.2. The summed E-state index contributed by atoms with van der Waals surface area (Å²) in [5, 5.41) is 0. The quantitative estimate of drug-likeness (QED) is 0.352. The minimum atomic E-state index is -1.18. The molecule has 0 bridgehead atoms. The number of nitrogens with zero attached hydrogens (tertiary/aromatic N) is 1. The second kappa shape index (κ2) is 11.3.